The van der Waals surface area contributed by atoms with Crippen LogP contribution in [0.4, 0.5) is 0 Å². The zero-order valence-electron chi connectivity index (χ0n) is 11.6. The summed E-state index contributed by atoms with van der Waals surface area (Å²) in [6.45, 7) is 5.05. The van der Waals surface area contributed by atoms with Crippen molar-refractivity contribution in [3.8, 4) is 5.69 Å². The lowest BCUT2D eigenvalue weighted by Crippen LogP contribution is -2.36. The summed E-state index contributed by atoms with van der Waals surface area (Å²) in [7, 11) is 1.75. The van der Waals surface area contributed by atoms with E-state index in [0.29, 0.717) is 13.1 Å². The lowest BCUT2D eigenvalue weighted by atomic mass is 10.1. The van der Waals surface area contributed by atoms with Gasteiger partial charge in [-0.2, -0.15) is 0 Å². The molecule has 0 amide bonds. The fourth-order valence-electron chi connectivity index (χ4n) is 1.88. The van der Waals surface area contributed by atoms with Gasteiger partial charge in [0.1, 0.15) is 0 Å². The number of guanidine groups is 1. The van der Waals surface area contributed by atoms with E-state index in [1.165, 1.54) is 5.56 Å². The van der Waals surface area contributed by atoms with Crippen molar-refractivity contribution in [1.29, 1.82) is 0 Å². The van der Waals surface area contributed by atoms with Crippen molar-refractivity contribution < 1.29 is 0 Å². The fraction of sp³-hybridized carbons (Fsp3) is 0.200. The number of aliphatic imine (C=N–C) groups is 1. The van der Waals surface area contributed by atoms with E-state index in [4.69, 9.17) is 0 Å². The Labute approximate surface area is 119 Å². The molecule has 0 aliphatic heterocycles. The molecule has 0 aliphatic carbocycles. The van der Waals surface area contributed by atoms with Crippen LogP contribution >= 0.6 is 0 Å². The van der Waals surface area contributed by atoms with Crippen LogP contribution in [-0.4, -0.2) is 29.1 Å². The van der Waals surface area contributed by atoms with E-state index in [1.54, 1.807) is 25.6 Å². The van der Waals surface area contributed by atoms with Gasteiger partial charge >= 0.3 is 0 Å². The molecule has 2 N–H and O–H groups in total. The number of hydrogen-bond donors (Lipinski definition) is 2. The number of hydrogen-bond acceptors (Lipinski definition) is 2. The van der Waals surface area contributed by atoms with E-state index in [0.717, 1.165) is 11.6 Å². The number of rotatable bonds is 5. The van der Waals surface area contributed by atoms with Gasteiger partial charge in [0.05, 0.1) is 12.0 Å². The third kappa shape index (κ3) is 3.47. The van der Waals surface area contributed by atoms with Gasteiger partial charge in [-0.25, -0.2) is 4.98 Å². The van der Waals surface area contributed by atoms with Gasteiger partial charge in [-0.05, 0) is 11.6 Å². The highest BCUT2D eigenvalue weighted by Gasteiger charge is 2.04. The second-order valence-electron chi connectivity index (χ2n) is 4.19. The molecule has 0 atom stereocenters. The molecular formula is C15H19N5. The molecule has 2 aromatic rings. The smallest absolute Gasteiger partial charge is 0.191 e. The lowest BCUT2D eigenvalue weighted by molar-refractivity contribution is 0.837. The third-order valence-electron chi connectivity index (χ3n) is 2.86. The predicted octanol–water partition coefficient (Wildman–Crippen LogP) is 1.72. The molecule has 0 spiro atoms. The van der Waals surface area contributed by atoms with Gasteiger partial charge in [-0.1, -0.05) is 24.3 Å². The average Bonchev–Trinajstić information content (AvgIpc) is 3.02. The van der Waals surface area contributed by atoms with E-state index in [-0.39, 0.29) is 0 Å². The molecule has 0 fully saturated rings. The maximum absolute atomic E-state index is 4.16. The Balaban J connectivity index is 2.08. The molecule has 5 heteroatoms. The van der Waals surface area contributed by atoms with Crippen LogP contribution in [0, 0.1) is 0 Å². The largest absolute Gasteiger partial charge is 0.353 e. The molecule has 0 saturated heterocycles. The van der Waals surface area contributed by atoms with Crippen LogP contribution in [0.15, 0.2) is 60.6 Å². The van der Waals surface area contributed by atoms with Gasteiger partial charge in [-0.15, -0.1) is 6.58 Å². The molecule has 1 aromatic heterocycles. The maximum atomic E-state index is 4.16. The topological polar surface area (TPSA) is 54.2 Å². The summed E-state index contributed by atoms with van der Waals surface area (Å²) < 4.78 is 2.00. The van der Waals surface area contributed by atoms with Crippen LogP contribution in [0.25, 0.3) is 5.69 Å². The highest BCUT2D eigenvalue weighted by Crippen LogP contribution is 2.13. The first-order valence-electron chi connectivity index (χ1n) is 6.47. The van der Waals surface area contributed by atoms with E-state index in [9.17, 15) is 0 Å². The Bertz CT molecular complexity index is 572. The summed E-state index contributed by atoms with van der Waals surface area (Å²) in [5, 5.41) is 6.43. The molecule has 5 nitrogen and oxygen atoms in total. The molecule has 104 valence electrons. The minimum absolute atomic E-state index is 0.683. The van der Waals surface area contributed by atoms with Crippen LogP contribution < -0.4 is 10.6 Å². The second kappa shape index (κ2) is 7.13. The fourth-order valence-corrected chi connectivity index (χ4v) is 1.88. The van der Waals surface area contributed by atoms with Crippen LogP contribution in [0.1, 0.15) is 5.56 Å². The van der Waals surface area contributed by atoms with Crippen molar-refractivity contribution >= 4 is 5.96 Å². The number of para-hydroxylation sites is 1. The summed E-state index contributed by atoms with van der Waals surface area (Å²) in [6.07, 6.45) is 7.30. The highest BCUT2D eigenvalue weighted by molar-refractivity contribution is 5.79. The van der Waals surface area contributed by atoms with Crippen LogP contribution in [-0.2, 0) is 6.54 Å². The SMILES string of the molecule is C=CCNC(=NC)NCc1ccccc1-n1ccnc1. The molecule has 0 radical (unpaired) electrons. The molecule has 0 saturated carbocycles. The molecule has 1 heterocycles. The van der Waals surface area contributed by atoms with E-state index < -0.39 is 0 Å². The van der Waals surface area contributed by atoms with E-state index in [1.807, 2.05) is 22.9 Å². The Hall–Kier alpha value is -2.56. The normalized spacial score (nSPS) is 11.2. The van der Waals surface area contributed by atoms with Gasteiger partial charge < -0.3 is 15.2 Å². The second-order valence-corrected chi connectivity index (χ2v) is 4.19. The Morgan fingerprint density at radius 2 is 2.25 bits per heavy atom. The molecule has 1 aromatic carbocycles. The molecular weight excluding hydrogens is 250 g/mol. The first-order chi connectivity index (χ1) is 9.85. The van der Waals surface area contributed by atoms with Gasteiger partial charge in [0.2, 0.25) is 0 Å². The third-order valence-corrected chi connectivity index (χ3v) is 2.86. The first kappa shape index (κ1) is 13.9. The summed E-state index contributed by atoms with van der Waals surface area (Å²) in [5.74, 6) is 0.755. The zero-order chi connectivity index (χ0) is 14.2. The molecule has 20 heavy (non-hydrogen) atoms. The van der Waals surface area contributed by atoms with Gasteiger partial charge in [-0.3, -0.25) is 4.99 Å². The highest BCUT2D eigenvalue weighted by atomic mass is 15.2. The lowest BCUT2D eigenvalue weighted by Gasteiger charge is -2.13. The number of nitrogens with zero attached hydrogens (tertiary/aromatic N) is 3. The number of benzene rings is 1. The maximum Gasteiger partial charge on any atom is 0.191 e. The summed E-state index contributed by atoms with van der Waals surface area (Å²) in [6, 6.07) is 8.20. The minimum atomic E-state index is 0.683. The summed E-state index contributed by atoms with van der Waals surface area (Å²) in [4.78, 5) is 8.25. The molecule has 0 bridgehead atoms. The number of aromatic nitrogens is 2. The van der Waals surface area contributed by atoms with Crippen LogP contribution in [0.5, 0.6) is 0 Å². The van der Waals surface area contributed by atoms with Crippen molar-refractivity contribution in [1.82, 2.24) is 20.2 Å². The van der Waals surface area contributed by atoms with Crippen molar-refractivity contribution in [2.24, 2.45) is 4.99 Å². The Kier molecular flexibility index (Phi) is 4.94. The molecule has 0 unspecified atom stereocenters. The van der Waals surface area contributed by atoms with Gasteiger partial charge in [0.25, 0.3) is 0 Å². The van der Waals surface area contributed by atoms with Crippen molar-refractivity contribution in [2.75, 3.05) is 13.6 Å². The van der Waals surface area contributed by atoms with Crippen molar-refractivity contribution in [3.05, 3.63) is 61.2 Å². The monoisotopic (exact) mass is 269 g/mol. The zero-order valence-corrected chi connectivity index (χ0v) is 11.6. The summed E-state index contributed by atoms with van der Waals surface area (Å²) >= 11 is 0. The summed E-state index contributed by atoms with van der Waals surface area (Å²) in [5.41, 5.74) is 2.28. The van der Waals surface area contributed by atoms with Gasteiger partial charge in [0, 0.05) is 32.5 Å². The minimum Gasteiger partial charge on any atom is -0.353 e. The first-order valence-corrected chi connectivity index (χ1v) is 6.47. The van der Waals surface area contributed by atoms with E-state index >= 15 is 0 Å². The van der Waals surface area contributed by atoms with Crippen molar-refractivity contribution in [2.45, 2.75) is 6.54 Å². The van der Waals surface area contributed by atoms with Crippen molar-refractivity contribution in [3.63, 3.8) is 0 Å². The number of imidazole rings is 1. The number of nitrogens with one attached hydrogen (secondary N) is 2. The van der Waals surface area contributed by atoms with Crippen LogP contribution in [0.3, 0.4) is 0 Å². The van der Waals surface area contributed by atoms with Crippen LogP contribution in [0.2, 0.25) is 0 Å². The van der Waals surface area contributed by atoms with E-state index in [2.05, 4.69) is 39.3 Å². The molecule has 0 aliphatic rings. The predicted molar refractivity (Wildman–Crippen MR) is 82.0 cm³/mol. The Morgan fingerprint density at radius 3 is 2.95 bits per heavy atom. The molecule has 2 rings (SSSR count). The Morgan fingerprint density at radius 1 is 1.40 bits per heavy atom. The van der Waals surface area contributed by atoms with Gasteiger partial charge in [0.15, 0.2) is 5.96 Å². The quantitative estimate of drug-likeness (QED) is 0.494. The standard InChI is InChI=1S/C15H19N5/c1-3-8-18-15(16-2)19-11-13-6-4-5-7-14(13)20-10-9-17-12-20/h3-7,9-10,12H,1,8,11H2,2H3,(H2,16,18,19). The average molecular weight is 269 g/mol.